The van der Waals surface area contributed by atoms with Gasteiger partial charge >= 0.3 is 0 Å². The van der Waals surface area contributed by atoms with Gasteiger partial charge in [0.1, 0.15) is 5.82 Å². The molecule has 0 radical (unpaired) electrons. The molecular weight excluding hydrogens is 338 g/mol. The van der Waals surface area contributed by atoms with E-state index in [1.54, 1.807) is 24.5 Å². The van der Waals surface area contributed by atoms with Crippen LogP contribution in [0.5, 0.6) is 0 Å². The first kappa shape index (κ1) is 15.3. The maximum absolute atomic E-state index is 12.1. The lowest BCUT2D eigenvalue weighted by atomic mass is 10.2. The molecule has 3 aromatic heterocycles. The van der Waals surface area contributed by atoms with Crippen molar-refractivity contribution in [1.29, 1.82) is 0 Å². The van der Waals surface area contributed by atoms with Crippen molar-refractivity contribution in [2.75, 3.05) is 5.84 Å². The summed E-state index contributed by atoms with van der Waals surface area (Å²) in [4.78, 5) is 23.4. The van der Waals surface area contributed by atoms with Crippen LogP contribution < -0.4 is 11.4 Å². The number of aromatic amines is 1. The number of benzene rings is 1. The molecule has 4 aromatic rings. The zero-order chi connectivity index (χ0) is 17.2. The maximum atomic E-state index is 12.1. The highest BCUT2D eigenvalue weighted by molar-refractivity contribution is 7.98. The molecule has 0 spiro atoms. The fraction of sp³-hybridized carbons (Fsp3) is 0.0625. The highest BCUT2D eigenvalue weighted by atomic mass is 32.2. The lowest BCUT2D eigenvalue weighted by molar-refractivity contribution is 0.847. The number of aromatic nitrogens is 6. The Morgan fingerprint density at radius 1 is 1.16 bits per heavy atom. The average molecular weight is 351 g/mol. The van der Waals surface area contributed by atoms with Crippen molar-refractivity contribution in [2.24, 2.45) is 0 Å². The Balaban J connectivity index is 1.58. The minimum Gasteiger partial charge on any atom is -0.335 e. The van der Waals surface area contributed by atoms with E-state index in [0.29, 0.717) is 33.5 Å². The Morgan fingerprint density at radius 3 is 2.88 bits per heavy atom. The van der Waals surface area contributed by atoms with Gasteiger partial charge in [0.2, 0.25) is 5.16 Å². The van der Waals surface area contributed by atoms with E-state index >= 15 is 0 Å². The Bertz CT molecular complexity index is 1090. The van der Waals surface area contributed by atoms with Crippen molar-refractivity contribution in [1.82, 2.24) is 29.8 Å². The molecule has 124 valence electrons. The van der Waals surface area contributed by atoms with Crippen LogP contribution in [0.2, 0.25) is 0 Å². The van der Waals surface area contributed by atoms with Crippen molar-refractivity contribution < 1.29 is 0 Å². The summed E-state index contributed by atoms with van der Waals surface area (Å²) in [6, 6.07) is 10.9. The lowest BCUT2D eigenvalue weighted by Gasteiger charge is -2.04. The second-order valence-electron chi connectivity index (χ2n) is 5.24. The van der Waals surface area contributed by atoms with Crippen molar-refractivity contribution in [3.05, 3.63) is 65.0 Å². The van der Waals surface area contributed by atoms with Gasteiger partial charge in [0, 0.05) is 18.0 Å². The number of thioether (sulfide) groups is 1. The molecule has 3 heterocycles. The van der Waals surface area contributed by atoms with E-state index < -0.39 is 0 Å². The second-order valence-corrected chi connectivity index (χ2v) is 6.18. The number of nitrogens with two attached hydrogens (primary N) is 1. The van der Waals surface area contributed by atoms with Crippen LogP contribution in [0.1, 0.15) is 5.82 Å². The molecule has 0 amide bonds. The smallest absolute Gasteiger partial charge is 0.258 e. The summed E-state index contributed by atoms with van der Waals surface area (Å²) in [6.45, 7) is 0. The van der Waals surface area contributed by atoms with Crippen LogP contribution in [0, 0.1) is 0 Å². The maximum Gasteiger partial charge on any atom is 0.258 e. The van der Waals surface area contributed by atoms with Gasteiger partial charge in [-0.3, -0.25) is 9.78 Å². The molecule has 0 fully saturated rings. The molecule has 0 bridgehead atoms. The average Bonchev–Trinajstić information content (AvgIpc) is 3.01. The summed E-state index contributed by atoms with van der Waals surface area (Å²) < 4.78 is 1.40. The van der Waals surface area contributed by atoms with Crippen molar-refractivity contribution in [3.8, 4) is 11.4 Å². The largest absolute Gasteiger partial charge is 0.335 e. The van der Waals surface area contributed by atoms with Gasteiger partial charge in [-0.2, -0.15) is 0 Å². The number of nitrogens with one attached hydrogen (secondary N) is 1. The van der Waals surface area contributed by atoms with Gasteiger partial charge in [0.25, 0.3) is 5.56 Å². The van der Waals surface area contributed by atoms with Gasteiger partial charge in [-0.1, -0.05) is 23.9 Å². The van der Waals surface area contributed by atoms with Crippen molar-refractivity contribution in [3.63, 3.8) is 0 Å². The van der Waals surface area contributed by atoms with E-state index in [0.717, 1.165) is 5.56 Å². The van der Waals surface area contributed by atoms with Crippen LogP contribution in [0.4, 0.5) is 0 Å². The molecule has 4 rings (SSSR count). The number of para-hydroxylation sites is 1. The van der Waals surface area contributed by atoms with E-state index in [4.69, 9.17) is 5.84 Å². The summed E-state index contributed by atoms with van der Waals surface area (Å²) in [5.41, 5.74) is 1.28. The van der Waals surface area contributed by atoms with E-state index in [-0.39, 0.29) is 5.56 Å². The van der Waals surface area contributed by atoms with Crippen molar-refractivity contribution >= 4 is 22.7 Å². The first-order valence-electron chi connectivity index (χ1n) is 7.44. The van der Waals surface area contributed by atoms with Crippen LogP contribution in [0.25, 0.3) is 22.3 Å². The van der Waals surface area contributed by atoms with Crippen LogP contribution >= 0.6 is 11.8 Å². The third-order valence-electron chi connectivity index (χ3n) is 3.58. The van der Waals surface area contributed by atoms with Gasteiger partial charge < -0.3 is 10.8 Å². The molecule has 0 saturated heterocycles. The third-order valence-corrected chi connectivity index (χ3v) is 4.54. The summed E-state index contributed by atoms with van der Waals surface area (Å²) in [5.74, 6) is 7.57. The number of H-pyrrole nitrogens is 1. The fourth-order valence-electron chi connectivity index (χ4n) is 2.40. The van der Waals surface area contributed by atoms with Crippen LogP contribution in [-0.2, 0) is 5.75 Å². The number of hydrogen-bond donors (Lipinski definition) is 2. The molecule has 1 aromatic carbocycles. The first-order valence-corrected chi connectivity index (χ1v) is 8.42. The predicted molar refractivity (Wildman–Crippen MR) is 95.3 cm³/mol. The monoisotopic (exact) mass is 351 g/mol. The zero-order valence-electron chi connectivity index (χ0n) is 13.0. The molecule has 0 atom stereocenters. The number of hydrogen-bond acceptors (Lipinski definition) is 7. The minimum absolute atomic E-state index is 0.161. The Hall–Kier alpha value is -3.20. The quantitative estimate of drug-likeness (QED) is 0.423. The second kappa shape index (κ2) is 6.36. The van der Waals surface area contributed by atoms with E-state index in [2.05, 4.69) is 25.1 Å². The van der Waals surface area contributed by atoms with Crippen LogP contribution in [0.3, 0.4) is 0 Å². The number of rotatable bonds is 4. The van der Waals surface area contributed by atoms with Crippen LogP contribution in [-0.4, -0.2) is 29.8 Å². The molecule has 0 aliphatic rings. The Morgan fingerprint density at radius 2 is 2.04 bits per heavy atom. The predicted octanol–water partition coefficient (Wildman–Crippen LogP) is 1.58. The normalized spacial score (nSPS) is 11.0. The third kappa shape index (κ3) is 2.96. The molecule has 0 saturated carbocycles. The molecule has 0 unspecified atom stereocenters. The molecule has 0 aliphatic carbocycles. The number of fused-ring (bicyclic) bond motifs is 1. The number of nitrogens with zero attached hydrogens (tertiary/aromatic N) is 5. The standard InChI is InChI=1S/C16H13N7OS/c17-23-14(10-4-3-7-18-8-10)21-22-16(23)25-9-13-19-12-6-2-1-5-11(12)15(24)20-13/h1-8H,9,17H2,(H,19,20,24). The summed E-state index contributed by atoms with van der Waals surface area (Å²) in [6.07, 6.45) is 3.35. The summed E-state index contributed by atoms with van der Waals surface area (Å²) in [5, 5.41) is 9.29. The highest BCUT2D eigenvalue weighted by Gasteiger charge is 2.13. The van der Waals surface area contributed by atoms with Gasteiger partial charge in [0.15, 0.2) is 5.82 Å². The zero-order valence-corrected chi connectivity index (χ0v) is 13.8. The van der Waals surface area contributed by atoms with E-state index in [9.17, 15) is 4.79 Å². The van der Waals surface area contributed by atoms with Crippen molar-refractivity contribution in [2.45, 2.75) is 10.9 Å². The van der Waals surface area contributed by atoms with Gasteiger partial charge in [-0.15, -0.1) is 10.2 Å². The molecular formula is C16H13N7OS. The molecule has 0 aliphatic heterocycles. The van der Waals surface area contributed by atoms with E-state index in [1.807, 2.05) is 24.3 Å². The SMILES string of the molecule is Nn1c(SCc2nc3ccccc3c(=O)[nH]2)nnc1-c1cccnc1. The topological polar surface area (TPSA) is 115 Å². The summed E-state index contributed by atoms with van der Waals surface area (Å²) >= 11 is 1.34. The first-order chi connectivity index (χ1) is 12.2. The number of nitrogen functional groups attached to an aromatic ring is 1. The van der Waals surface area contributed by atoms with E-state index in [1.165, 1.54) is 16.4 Å². The fourth-order valence-corrected chi connectivity index (χ4v) is 3.13. The highest BCUT2D eigenvalue weighted by Crippen LogP contribution is 2.23. The molecule has 9 heteroatoms. The van der Waals surface area contributed by atoms with Crippen LogP contribution in [0.15, 0.2) is 58.7 Å². The molecule has 8 nitrogen and oxygen atoms in total. The number of pyridine rings is 1. The lowest BCUT2D eigenvalue weighted by Crippen LogP contribution is -2.13. The Labute approximate surface area is 146 Å². The van der Waals surface area contributed by atoms with Gasteiger partial charge in [-0.05, 0) is 24.3 Å². The molecule has 3 N–H and O–H groups in total. The van der Waals surface area contributed by atoms with Gasteiger partial charge in [0.05, 0.1) is 16.7 Å². The summed E-state index contributed by atoms with van der Waals surface area (Å²) in [7, 11) is 0. The minimum atomic E-state index is -0.161. The molecule has 25 heavy (non-hydrogen) atoms. The Kier molecular flexibility index (Phi) is 3.90. The van der Waals surface area contributed by atoms with Gasteiger partial charge in [-0.25, -0.2) is 9.66 Å².